The highest BCUT2D eigenvalue weighted by Crippen LogP contribution is 2.44. The van der Waals surface area contributed by atoms with E-state index >= 15 is 0 Å². The fourth-order valence-corrected chi connectivity index (χ4v) is 2.07. The normalized spacial score (nSPS) is 19.8. The van der Waals surface area contributed by atoms with Crippen LogP contribution in [0.15, 0.2) is 18.2 Å². The number of fused-ring (bicyclic) bond motifs is 1. The average molecular weight is 234 g/mol. The van der Waals surface area contributed by atoms with Gasteiger partial charge in [-0.15, -0.1) is 0 Å². The lowest BCUT2D eigenvalue weighted by molar-refractivity contribution is 0.171. The van der Waals surface area contributed by atoms with Crippen LogP contribution in [0.4, 0.5) is 5.69 Å². The summed E-state index contributed by atoms with van der Waals surface area (Å²) in [6.45, 7) is 2.98. The van der Waals surface area contributed by atoms with E-state index < -0.39 is 0 Å². The molecule has 4 heteroatoms. The molecular weight excluding hydrogens is 216 g/mol. The first-order valence-electron chi connectivity index (χ1n) is 6.15. The topological polar surface area (TPSA) is 56.5 Å². The number of rotatable bonds is 4. The van der Waals surface area contributed by atoms with E-state index in [0.29, 0.717) is 18.6 Å². The number of nitrogens with one attached hydrogen (secondary N) is 1. The Kier molecular flexibility index (Phi) is 2.59. The van der Waals surface area contributed by atoms with E-state index in [1.807, 2.05) is 18.2 Å². The molecule has 1 aliphatic carbocycles. The van der Waals surface area contributed by atoms with Gasteiger partial charge in [0.15, 0.2) is 11.5 Å². The Hall–Kier alpha value is -1.42. The van der Waals surface area contributed by atoms with E-state index in [1.165, 1.54) is 12.8 Å². The number of hydrogen-bond donors (Lipinski definition) is 2. The second-order valence-corrected chi connectivity index (χ2v) is 4.92. The first-order valence-corrected chi connectivity index (χ1v) is 6.15. The molecule has 4 nitrogen and oxygen atoms in total. The van der Waals surface area contributed by atoms with Crippen molar-refractivity contribution in [1.29, 1.82) is 0 Å². The van der Waals surface area contributed by atoms with Crippen LogP contribution in [-0.4, -0.2) is 26.3 Å². The number of hydrogen-bond acceptors (Lipinski definition) is 4. The Morgan fingerprint density at radius 2 is 1.94 bits per heavy atom. The zero-order valence-corrected chi connectivity index (χ0v) is 9.87. The minimum Gasteiger partial charge on any atom is -0.486 e. The van der Waals surface area contributed by atoms with E-state index in [4.69, 9.17) is 15.2 Å². The fraction of sp³-hybridized carbons (Fsp3) is 0.538. The summed E-state index contributed by atoms with van der Waals surface area (Å²) < 4.78 is 11.0. The van der Waals surface area contributed by atoms with Gasteiger partial charge < -0.3 is 20.5 Å². The van der Waals surface area contributed by atoms with Gasteiger partial charge in [0, 0.05) is 18.3 Å². The lowest BCUT2D eigenvalue weighted by Gasteiger charge is -2.20. The van der Waals surface area contributed by atoms with Gasteiger partial charge in [0.1, 0.15) is 13.2 Å². The Balaban J connectivity index is 1.67. The van der Waals surface area contributed by atoms with Crippen LogP contribution in [0, 0.1) is 5.41 Å². The molecule has 1 fully saturated rings. The van der Waals surface area contributed by atoms with Crippen molar-refractivity contribution in [2.45, 2.75) is 12.8 Å². The molecule has 0 unspecified atom stereocenters. The van der Waals surface area contributed by atoms with Gasteiger partial charge in [0.05, 0.1) is 0 Å². The molecule has 0 aromatic heterocycles. The van der Waals surface area contributed by atoms with E-state index in [9.17, 15) is 0 Å². The third kappa shape index (κ3) is 2.17. The molecule has 0 spiro atoms. The van der Waals surface area contributed by atoms with Crippen LogP contribution in [0.2, 0.25) is 0 Å². The summed E-state index contributed by atoms with van der Waals surface area (Å²) in [5, 5.41) is 3.43. The first kappa shape index (κ1) is 10.7. The lowest BCUT2D eigenvalue weighted by Crippen LogP contribution is -2.24. The first-order chi connectivity index (χ1) is 8.31. The van der Waals surface area contributed by atoms with Crippen molar-refractivity contribution in [3.63, 3.8) is 0 Å². The maximum Gasteiger partial charge on any atom is 0.163 e. The maximum absolute atomic E-state index is 5.76. The second kappa shape index (κ2) is 4.11. The van der Waals surface area contributed by atoms with Crippen LogP contribution in [0.1, 0.15) is 12.8 Å². The van der Waals surface area contributed by atoms with Gasteiger partial charge in [0.25, 0.3) is 0 Å². The molecule has 0 atom stereocenters. The second-order valence-electron chi connectivity index (χ2n) is 4.92. The van der Waals surface area contributed by atoms with Crippen LogP contribution >= 0.6 is 0 Å². The van der Waals surface area contributed by atoms with Crippen LogP contribution < -0.4 is 20.5 Å². The monoisotopic (exact) mass is 234 g/mol. The number of ether oxygens (including phenoxy) is 2. The van der Waals surface area contributed by atoms with Gasteiger partial charge in [-0.25, -0.2) is 0 Å². The number of benzene rings is 1. The van der Waals surface area contributed by atoms with Crippen LogP contribution in [-0.2, 0) is 0 Å². The molecule has 0 amide bonds. The summed E-state index contributed by atoms with van der Waals surface area (Å²) in [5.41, 5.74) is 7.18. The van der Waals surface area contributed by atoms with Crippen molar-refractivity contribution >= 4 is 5.69 Å². The van der Waals surface area contributed by atoms with Gasteiger partial charge >= 0.3 is 0 Å². The molecule has 17 heavy (non-hydrogen) atoms. The summed E-state index contributed by atoms with van der Waals surface area (Å²) in [4.78, 5) is 0. The molecule has 2 aliphatic rings. The Labute approximate surface area is 101 Å². The zero-order valence-electron chi connectivity index (χ0n) is 9.87. The van der Waals surface area contributed by atoms with Crippen molar-refractivity contribution < 1.29 is 9.47 Å². The Morgan fingerprint density at radius 3 is 2.65 bits per heavy atom. The highest BCUT2D eigenvalue weighted by molar-refractivity contribution is 5.55. The predicted molar refractivity (Wildman–Crippen MR) is 66.6 cm³/mol. The third-order valence-corrected chi connectivity index (χ3v) is 3.60. The van der Waals surface area contributed by atoms with Gasteiger partial charge in [0.2, 0.25) is 0 Å². The van der Waals surface area contributed by atoms with E-state index in [2.05, 4.69) is 5.32 Å². The number of nitrogens with two attached hydrogens (primary N) is 1. The Morgan fingerprint density at radius 1 is 1.18 bits per heavy atom. The van der Waals surface area contributed by atoms with Crippen LogP contribution in [0.25, 0.3) is 0 Å². The summed E-state index contributed by atoms with van der Waals surface area (Å²) in [6.07, 6.45) is 2.47. The van der Waals surface area contributed by atoms with Gasteiger partial charge in [-0.05, 0) is 36.9 Å². The van der Waals surface area contributed by atoms with Crippen molar-refractivity contribution in [1.82, 2.24) is 0 Å². The molecule has 1 aliphatic heterocycles. The van der Waals surface area contributed by atoms with Gasteiger partial charge in [-0.1, -0.05) is 0 Å². The molecule has 1 aromatic carbocycles. The molecule has 0 saturated heterocycles. The molecule has 1 heterocycles. The van der Waals surface area contributed by atoms with E-state index in [-0.39, 0.29) is 0 Å². The molecule has 1 aromatic rings. The molecule has 0 radical (unpaired) electrons. The minimum absolute atomic E-state index is 0.341. The quantitative estimate of drug-likeness (QED) is 0.831. The zero-order chi connectivity index (χ0) is 11.7. The fourth-order valence-electron chi connectivity index (χ4n) is 2.07. The van der Waals surface area contributed by atoms with Crippen molar-refractivity contribution in [2.75, 3.05) is 31.6 Å². The smallest absolute Gasteiger partial charge is 0.163 e. The Bertz CT molecular complexity index is 416. The van der Waals surface area contributed by atoms with E-state index in [1.54, 1.807) is 0 Å². The van der Waals surface area contributed by atoms with Crippen molar-refractivity contribution in [2.24, 2.45) is 11.1 Å². The van der Waals surface area contributed by atoms with E-state index in [0.717, 1.165) is 30.3 Å². The largest absolute Gasteiger partial charge is 0.486 e. The highest BCUT2D eigenvalue weighted by Gasteiger charge is 2.40. The van der Waals surface area contributed by atoms with Crippen LogP contribution in [0.5, 0.6) is 11.5 Å². The SMILES string of the molecule is NCC1(CNc2ccc3c(c2)OCCO3)CC1. The molecular formula is C13H18N2O2. The predicted octanol–water partition coefficient (Wildman–Crippen LogP) is 1.61. The minimum atomic E-state index is 0.341. The van der Waals surface area contributed by atoms with Gasteiger partial charge in [-0.2, -0.15) is 0 Å². The summed E-state index contributed by atoms with van der Waals surface area (Å²) in [5.74, 6) is 1.67. The summed E-state index contributed by atoms with van der Waals surface area (Å²) >= 11 is 0. The van der Waals surface area contributed by atoms with Gasteiger partial charge in [-0.3, -0.25) is 0 Å². The van der Waals surface area contributed by atoms with Crippen molar-refractivity contribution in [3.8, 4) is 11.5 Å². The van der Waals surface area contributed by atoms with Crippen LogP contribution in [0.3, 0.4) is 0 Å². The third-order valence-electron chi connectivity index (χ3n) is 3.60. The summed E-state index contributed by atoms with van der Waals surface area (Å²) in [6, 6.07) is 5.99. The highest BCUT2D eigenvalue weighted by atomic mass is 16.6. The molecule has 92 valence electrons. The molecule has 0 bridgehead atoms. The average Bonchev–Trinajstić information content (AvgIpc) is 3.17. The lowest BCUT2D eigenvalue weighted by atomic mass is 10.1. The molecule has 3 rings (SSSR count). The standard InChI is InChI=1S/C13H18N2O2/c14-8-13(3-4-13)9-15-10-1-2-11-12(7-10)17-6-5-16-11/h1-2,7,15H,3-6,8-9,14H2. The molecule has 3 N–H and O–H groups in total. The number of anilines is 1. The van der Waals surface area contributed by atoms with Crippen molar-refractivity contribution in [3.05, 3.63) is 18.2 Å². The maximum atomic E-state index is 5.76. The molecule has 1 saturated carbocycles. The summed E-state index contributed by atoms with van der Waals surface area (Å²) in [7, 11) is 0.